The van der Waals surface area contributed by atoms with E-state index in [1.54, 1.807) is 25.1 Å². The van der Waals surface area contributed by atoms with Crippen molar-refractivity contribution in [3.8, 4) is 11.3 Å². The third-order valence-corrected chi connectivity index (χ3v) is 5.98. The first-order chi connectivity index (χ1) is 14.3. The van der Waals surface area contributed by atoms with E-state index in [9.17, 15) is 9.59 Å². The standard InChI is InChI=1S/C23H22N4O2S/c1-13-9-15(3)18(10-14(13)2)20-12-30-23(25-20)26-21(28)11-27-16(4)24-19-8-6-5-7-17(19)22(27)29/h5-10,12H,11H2,1-4H3,(H,25,26,28). The van der Waals surface area contributed by atoms with Gasteiger partial charge in [0.15, 0.2) is 5.13 Å². The molecule has 152 valence electrons. The Morgan fingerprint density at radius 3 is 2.57 bits per heavy atom. The normalized spacial score (nSPS) is 11.1. The summed E-state index contributed by atoms with van der Waals surface area (Å²) in [7, 11) is 0. The van der Waals surface area contributed by atoms with Crippen LogP contribution in [0.1, 0.15) is 22.5 Å². The van der Waals surface area contributed by atoms with Crippen LogP contribution in [0, 0.1) is 27.7 Å². The molecule has 0 atom stereocenters. The number of thiazole rings is 1. The van der Waals surface area contributed by atoms with Crippen LogP contribution in [-0.2, 0) is 11.3 Å². The van der Waals surface area contributed by atoms with Crippen molar-refractivity contribution >= 4 is 33.3 Å². The summed E-state index contributed by atoms with van der Waals surface area (Å²) in [5, 5.41) is 5.75. The molecule has 2 aromatic carbocycles. The van der Waals surface area contributed by atoms with E-state index in [2.05, 4.69) is 48.2 Å². The van der Waals surface area contributed by atoms with Crippen LogP contribution < -0.4 is 10.9 Å². The number of carbonyl (C=O) groups is 1. The van der Waals surface area contributed by atoms with Crippen molar-refractivity contribution in [2.24, 2.45) is 0 Å². The van der Waals surface area contributed by atoms with E-state index >= 15 is 0 Å². The zero-order chi connectivity index (χ0) is 21.4. The molecule has 2 aromatic heterocycles. The second kappa shape index (κ2) is 7.84. The van der Waals surface area contributed by atoms with Crippen molar-refractivity contribution in [1.29, 1.82) is 0 Å². The van der Waals surface area contributed by atoms with Gasteiger partial charge in [-0.1, -0.05) is 18.2 Å². The molecule has 4 rings (SSSR count). The second-order valence-electron chi connectivity index (χ2n) is 7.40. The van der Waals surface area contributed by atoms with Crippen LogP contribution in [0.3, 0.4) is 0 Å². The molecule has 4 aromatic rings. The van der Waals surface area contributed by atoms with Gasteiger partial charge in [-0.15, -0.1) is 11.3 Å². The molecule has 0 radical (unpaired) electrons. The lowest BCUT2D eigenvalue weighted by Crippen LogP contribution is -2.30. The first-order valence-electron chi connectivity index (χ1n) is 9.63. The van der Waals surface area contributed by atoms with Gasteiger partial charge in [0.25, 0.3) is 5.56 Å². The van der Waals surface area contributed by atoms with Crippen LogP contribution in [-0.4, -0.2) is 20.4 Å². The summed E-state index contributed by atoms with van der Waals surface area (Å²) >= 11 is 1.37. The van der Waals surface area contributed by atoms with Gasteiger partial charge in [0.1, 0.15) is 12.4 Å². The zero-order valence-corrected chi connectivity index (χ0v) is 18.1. The molecule has 1 N–H and O–H groups in total. The lowest BCUT2D eigenvalue weighted by atomic mass is 9.99. The lowest BCUT2D eigenvalue weighted by molar-refractivity contribution is -0.116. The monoisotopic (exact) mass is 418 g/mol. The van der Waals surface area contributed by atoms with Gasteiger partial charge in [0.2, 0.25) is 5.91 Å². The number of fused-ring (bicyclic) bond motifs is 1. The number of anilines is 1. The number of nitrogens with zero attached hydrogens (tertiary/aromatic N) is 3. The molecule has 30 heavy (non-hydrogen) atoms. The molecule has 0 saturated carbocycles. The molecule has 0 saturated heterocycles. The van der Waals surface area contributed by atoms with Gasteiger partial charge in [0.05, 0.1) is 16.6 Å². The minimum Gasteiger partial charge on any atom is -0.300 e. The molecule has 2 heterocycles. The molecule has 7 heteroatoms. The fourth-order valence-corrected chi connectivity index (χ4v) is 4.19. The quantitative estimate of drug-likeness (QED) is 0.533. The molecular formula is C23H22N4O2S. The van der Waals surface area contributed by atoms with Gasteiger partial charge in [-0.05, 0) is 62.6 Å². The fraction of sp³-hybridized carbons (Fsp3) is 0.217. The molecular weight excluding hydrogens is 396 g/mol. The number of rotatable bonds is 4. The summed E-state index contributed by atoms with van der Waals surface area (Å²) < 4.78 is 1.39. The summed E-state index contributed by atoms with van der Waals surface area (Å²) in [5.74, 6) is 0.189. The highest BCUT2D eigenvalue weighted by Crippen LogP contribution is 2.29. The van der Waals surface area contributed by atoms with E-state index in [0.717, 1.165) is 16.8 Å². The van der Waals surface area contributed by atoms with Gasteiger partial charge >= 0.3 is 0 Å². The lowest BCUT2D eigenvalue weighted by Gasteiger charge is -2.10. The second-order valence-corrected chi connectivity index (χ2v) is 8.26. The molecule has 0 unspecified atom stereocenters. The molecule has 1 amide bonds. The molecule has 6 nitrogen and oxygen atoms in total. The van der Waals surface area contributed by atoms with Gasteiger partial charge in [0, 0.05) is 10.9 Å². The van der Waals surface area contributed by atoms with Crippen molar-refractivity contribution < 1.29 is 4.79 Å². The zero-order valence-electron chi connectivity index (χ0n) is 17.3. The average Bonchev–Trinajstić information content (AvgIpc) is 3.16. The maximum Gasteiger partial charge on any atom is 0.261 e. The maximum absolute atomic E-state index is 12.8. The predicted octanol–water partition coefficient (Wildman–Crippen LogP) is 4.39. The number of amides is 1. The van der Waals surface area contributed by atoms with Gasteiger partial charge in [-0.3, -0.25) is 14.2 Å². The summed E-state index contributed by atoms with van der Waals surface area (Å²) in [6, 6.07) is 11.4. The van der Waals surface area contributed by atoms with Crippen LogP contribution in [0.25, 0.3) is 22.2 Å². The van der Waals surface area contributed by atoms with Crippen LogP contribution in [0.5, 0.6) is 0 Å². The Bertz CT molecular complexity index is 1340. The number of aryl methyl sites for hydroxylation is 4. The van der Waals surface area contributed by atoms with Crippen LogP contribution in [0.4, 0.5) is 5.13 Å². The third kappa shape index (κ3) is 3.76. The van der Waals surface area contributed by atoms with Crippen molar-refractivity contribution in [1.82, 2.24) is 14.5 Å². The third-order valence-electron chi connectivity index (χ3n) is 5.22. The highest BCUT2D eigenvalue weighted by atomic mass is 32.1. The minimum atomic E-state index is -0.310. The smallest absolute Gasteiger partial charge is 0.261 e. The number of hydrogen-bond donors (Lipinski definition) is 1. The molecule has 0 spiro atoms. The molecule has 0 bridgehead atoms. The van der Waals surface area contributed by atoms with E-state index < -0.39 is 0 Å². The van der Waals surface area contributed by atoms with E-state index in [4.69, 9.17) is 0 Å². The Hall–Kier alpha value is -3.32. The Morgan fingerprint density at radius 2 is 1.77 bits per heavy atom. The van der Waals surface area contributed by atoms with Gasteiger partial charge in [-0.2, -0.15) is 0 Å². The first kappa shape index (κ1) is 20.0. The molecule has 0 aliphatic carbocycles. The average molecular weight is 419 g/mol. The van der Waals surface area contributed by atoms with Crippen molar-refractivity contribution in [3.63, 3.8) is 0 Å². The first-order valence-corrected chi connectivity index (χ1v) is 10.5. The highest BCUT2D eigenvalue weighted by molar-refractivity contribution is 7.14. The Labute approximate surface area is 178 Å². The summed E-state index contributed by atoms with van der Waals surface area (Å²) in [5.41, 5.74) is 5.88. The van der Waals surface area contributed by atoms with Crippen LogP contribution in [0.2, 0.25) is 0 Å². The van der Waals surface area contributed by atoms with Crippen molar-refractivity contribution in [2.45, 2.75) is 34.2 Å². The van der Waals surface area contributed by atoms with Crippen molar-refractivity contribution in [3.05, 3.63) is 74.6 Å². The predicted molar refractivity (Wildman–Crippen MR) is 121 cm³/mol. The summed E-state index contributed by atoms with van der Waals surface area (Å²) in [6.07, 6.45) is 0. The van der Waals surface area contributed by atoms with E-state index in [-0.39, 0.29) is 18.0 Å². The van der Waals surface area contributed by atoms with Crippen LogP contribution in [0.15, 0.2) is 46.6 Å². The van der Waals surface area contributed by atoms with Gasteiger partial charge in [-0.25, -0.2) is 9.97 Å². The summed E-state index contributed by atoms with van der Waals surface area (Å²) in [6.45, 7) is 7.84. The Kier molecular flexibility index (Phi) is 5.22. The Morgan fingerprint density at radius 1 is 1.03 bits per heavy atom. The fourth-order valence-electron chi connectivity index (χ4n) is 3.46. The number of aromatic nitrogens is 3. The highest BCUT2D eigenvalue weighted by Gasteiger charge is 2.14. The van der Waals surface area contributed by atoms with Crippen molar-refractivity contribution in [2.75, 3.05) is 5.32 Å². The number of benzene rings is 2. The maximum atomic E-state index is 12.8. The SMILES string of the molecule is Cc1cc(C)c(-c2csc(NC(=O)Cn3c(C)nc4ccccc4c3=O)n2)cc1C. The topological polar surface area (TPSA) is 76.9 Å². The largest absolute Gasteiger partial charge is 0.300 e. The number of carbonyl (C=O) groups excluding carboxylic acids is 1. The van der Waals surface area contributed by atoms with Crippen LogP contribution >= 0.6 is 11.3 Å². The summed E-state index contributed by atoms with van der Waals surface area (Å²) in [4.78, 5) is 34.4. The van der Waals surface area contributed by atoms with E-state index in [1.165, 1.54) is 27.0 Å². The number of para-hydroxylation sites is 1. The van der Waals surface area contributed by atoms with Gasteiger partial charge < -0.3 is 5.32 Å². The minimum absolute atomic E-state index is 0.111. The number of nitrogens with one attached hydrogen (secondary N) is 1. The van der Waals surface area contributed by atoms with E-state index in [0.29, 0.717) is 21.9 Å². The Balaban J connectivity index is 1.56. The van der Waals surface area contributed by atoms with E-state index in [1.807, 2.05) is 11.4 Å². The number of hydrogen-bond acceptors (Lipinski definition) is 5. The molecule has 0 aliphatic heterocycles. The molecule has 0 aliphatic rings. The molecule has 0 fully saturated rings.